The molecule has 2 aromatic heterocycles. The molecule has 24 heavy (non-hydrogen) atoms. The van der Waals surface area contributed by atoms with E-state index in [9.17, 15) is 0 Å². The lowest BCUT2D eigenvalue weighted by Gasteiger charge is -2.35. The van der Waals surface area contributed by atoms with Crippen molar-refractivity contribution in [3.8, 4) is 0 Å². The molecule has 0 unspecified atom stereocenters. The second-order valence-electron chi connectivity index (χ2n) is 6.54. The molecule has 3 heterocycles. The van der Waals surface area contributed by atoms with Crippen LogP contribution in [0.4, 0.5) is 11.8 Å². The van der Waals surface area contributed by atoms with Crippen LogP contribution in [0.25, 0.3) is 0 Å². The topological polar surface area (TPSA) is 76.9 Å². The summed E-state index contributed by atoms with van der Waals surface area (Å²) in [6.07, 6.45) is 5.96. The Kier molecular flexibility index (Phi) is 5.30. The van der Waals surface area contributed by atoms with Crippen molar-refractivity contribution in [2.45, 2.75) is 45.4 Å². The van der Waals surface area contributed by atoms with Gasteiger partial charge in [0.25, 0.3) is 0 Å². The SMILES string of the molecule is CC(C)[C@H]1OCCC[C@@H]1Nc1ccnc(NCc2ccnn2C)n1. The van der Waals surface area contributed by atoms with Gasteiger partial charge in [0.05, 0.1) is 24.4 Å². The molecule has 2 aromatic rings. The van der Waals surface area contributed by atoms with E-state index in [1.165, 1.54) is 0 Å². The fourth-order valence-corrected chi connectivity index (χ4v) is 3.07. The van der Waals surface area contributed by atoms with Crippen LogP contribution in [-0.4, -0.2) is 38.5 Å². The van der Waals surface area contributed by atoms with Crippen LogP contribution in [0.15, 0.2) is 24.5 Å². The molecule has 1 fully saturated rings. The lowest BCUT2D eigenvalue weighted by atomic mass is 9.94. The Morgan fingerprint density at radius 2 is 2.21 bits per heavy atom. The molecular weight excluding hydrogens is 304 g/mol. The molecular formula is C17H26N6O. The molecule has 130 valence electrons. The Morgan fingerprint density at radius 1 is 1.33 bits per heavy atom. The van der Waals surface area contributed by atoms with Crippen LogP contribution in [0.1, 0.15) is 32.4 Å². The van der Waals surface area contributed by atoms with E-state index >= 15 is 0 Å². The third kappa shape index (κ3) is 4.03. The van der Waals surface area contributed by atoms with Crippen LogP contribution in [0.3, 0.4) is 0 Å². The Balaban J connectivity index is 1.63. The van der Waals surface area contributed by atoms with Crippen LogP contribution in [-0.2, 0) is 18.3 Å². The zero-order chi connectivity index (χ0) is 16.9. The van der Waals surface area contributed by atoms with Gasteiger partial charge in [0.15, 0.2) is 0 Å². The summed E-state index contributed by atoms with van der Waals surface area (Å²) in [5.41, 5.74) is 1.08. The zero-order valence-corrected chi connectivity index (χ0v) is 14.6. The van der Waals surface area contributed by atoms with Crippen LogP contribution < -0.4 is 10.6 Å². The summed E-state index contributed by atoms with van der Waals surface area (Å²) in [6.45, 7) is 5.89. The second kappa shape index (κ2) is 7.61. The molecule has 0 aromatic carbocycles. The van der Waals surface area contributed by atoms with Gasteiger partial charge in [0, 0.05) is 26.0 Å². The molecule has 2 atom stereocenters. The highest BCUT2D eigenvalue weighted by molar-refractivity contribution is 5.41. The minimum absolute atomic E-state index is 0.222. The van der Waals surface area contributed by atoms with Gasteiger partial charge in [-0.05, 0) is 30.9 Å². The summed E-state index contributed by atoms with van der Waals surface area (Å²) < 4.78 is 7.77. The molecule has 7 nitrogen and oxygen atoms in total. The van der Waals surface area contributed by atoms with Crippen molar-refractivity contribution in [3.63, 3.8) is 0 Å². The van der Waals surface area contributed by atoms with Gasteiger partial charge in [-0.1, -0.05) is 13.8 Å². The summed E-state index contributed by atoms with van der Waals surface area (Å²) >= 11 is 0. The molecule has 0 aliphatic carbocycles. The lowest BCUT2D eigenvalue weighted by molar-refractivity contribution is -0.0203. The first-order valence-electron chi connectivity index (χ1n) is 8.55. The number of ether oxygens (including phenoxy) is 1. The molecule has 3 rings (SSSR count). The molecule has 0 bridgehead atoms. The van der Waals surface area contributed by atoms with Crippen LogP contribution in [0.2, 0.25) is 0 Å². The van der Waals surface area contributed by atoms with E-state index in [4.69, 9.17) is 4.74 Å². The first kappa shape index (κ1) is 16.7. The molecule has 0 saturated carbocycles. The monoisotopic (exact) mass is 330 g/mol. The van der Waals surface area contributed by atoms with Gasteiger partial charge >= 0.3 is 0 Å². The fraction of sp³-hybridized carbons (Fsp3) is 0.588. The van der Waals surface area contributed by atoms with Crippen molar-refractivity contribution in [3.05, 3.63) is 30.2 Å². The predicted octanol–water partition coefficient (Wildman–Crippen LogP) is 2.44. The maximum atomic E-state index is 5.93. The molecule has 1 aliphatic rings. The van der Waals surface area contributed by atoms with Crippen molar-refractivity contribution in [2.24, 2.45) is 13.0 Å². The highest BCUT2D eigenvalue weighted by Crippen LogP contribution is 2.23. The Hall–Kier alpha value is -2.15. The molecule has 7 heteroatoms. The average Bonchev–Trinajstić information content (AvgIpc) is 2.99. The third-order valence-corrected chi connectivity index (χ3v) is 4.36. The minimum Gasteiger partial charge on any atom is -0.376 e. The first-order valence-corrected chi connectivity index (χ1v) is 8.55. The fourth-order valence-electron chi connectivity index (χ4n) is 3.07. The number of aromatic nitrogens is 4. The van der Waals surface area contributed by atoms with Crippen molar-refractivity contribution in [1.82, 2.24) is 19.7 Å². The Bertz CT molecular complexity index is 656. The standard InChI is InChI=1S/C17H26N6O/c1-12(2)16-14(5-4-10-24-16)21-15-7-8-18-17(22-15)19-11-13-6-9-20-23(13)3/h6-9,12,14,16H,4-5,10-11H2,1-3H3,(H2,18,19,21,22)/t14-,16+/m0/s1. The number of hydrogen-bond donors (Lipinski definition) is 2. The minimum atomic E-state index is 0.222. The molecule has 1 saturated heterocycles. The smallest absolute Gasteiger partial charge is 0.224 e. The van der Waals surface area contributed by atoms with Gasteiger partial charge in [-0.15, -0.1) is 0 Å². The number of aryl methyl sites for hydroxylation is 1. The zero-order valence-electron chi connectivity index (χ0n) is 14.6. The maximum Gasteiger partial charge on any atom is 0.224 e. The van der Waals surface area contributed by atoms with E-state index in [0.717, 1.165) is 31.0 Å². The first-order chi connectivity index (χ1) is 11.6. The molecule has 2 N–H and O–H groups in total. The summed E-state index contributed by atoms with van der Waals surface area (Å²) in [5, 5.41) is 10.9. The number of nitrogens with one attached hydrogen (secondary N) is 2. The van der Waals surface area contributed by atoms with Crippen molar-refractivity contribution < 1.29 is 4.74 Å². The number of hydrogen-bond acceptors (Lipinski definition) is 6. The van der Waals surface area contributed by atoms with Gasteiger partial charge in [-0.2, -0.15) is 10.1 Å². The molecule has 0 spiro atoms. The summed E-state index contributed by atoms with van der Waals surface area (Å²) in [6, 6.07) is 4.17. The molecule has 0 radical (unpaired) electrons. The number of rotatable bonds is 6. The van der Waals surface area contributed by atoms with Crippen LogP contribution in [0, 0.1) is 5.92 Å². The number of nitrogens with zero attached hydrogens (tertiary/aromatic N) is 4. The lowest BCUT2D eigenvalue weighted by Crippen LogP contribution is -2.43. The molecule has 1 aliphatic heterocycles. The van der Waals surface area contributed by atoms with E-state index in [2.05, 4.69) is 39.5 Å². The highest BCUT2D eigenvalue weighted by Gasteiger charge is 2.28. The predicted molar refractivity (Wildman–Crippen MR) is 93.8 cm³/mol. The van der Waals surface area contributed by atoms with Crippen LogP contribution in [0.5, 0.6) is 0 Å². The molecule has 0 amide bonds. The van der Waals surface area contributed by atoms with E-state index < -0.39 is 0 Å². The maximum absolute atomic E-state index is 5.93. The average molecular weight is 330 g/mol. The normalized spacial score (nSPS) is 21.0. The van der Waals surface area contributed by atoms with Crippen molar-refractivity contribution in [1.29, 1.82) is 0 Å². The van der Waals surface area contributed by atoms with Gasteiger partial charge in [0.1, 0.15) is 5.82 Å². The van der Waals surface area contributed by atoms with Gasteiger partial charge < -0.3 is 15.4 Å². The van der Waals surface area contributed by atoms with Crippen molar-refractivity contribution >= 4 is 11.8 Å². The highest BCUT2D eigenvalue weighted by atomic mass is 16.5. The quantitative estimate of drug-likeness (QED) is 0.847. The summed E-state index contributed by atoms with van der Waals surface area (Å²) in [5.74, 6) is 1.92. The third-order valence-electron chi connectivity index (χ3n) is 4.36. The largest absolute Gasteiger partial charge is 0.376 e. The van der Waals surface area contributed by atoms with Gasteiger partial charge in [-0.3, -0.25) is 4.68 Å². The van der Waals surface area contributed by atoms with Gasteiger partial charge in [0.2, 0.25) is 5.95 Å². The second-order valence-corrected chi connectivity index (χ2v) is 6.54. The Morgan fingerprint density at radius 3 is 2.96 bits per heavy atom. The van der Waals surface area contributed by atoms with E-state index in [1.54, 1.807) is 12.4 Å². The summed E-state index contributed by atoms with van der Waals surface area (Å²) in [7, 11) is 1.92. The number of anilines is 2. The van der Waals surface area contributed by atoms with Crippen molar-refractivity contribution in [2.75, 3.05) is 17.2 Å². The van der Waals surface area contributed by atoms with E-state index in [1.807, 2.05) is 23.9 Å². The van der Waals surface area contributed by atoms with Gasteiger partial charge in [-0.25, -0.2) is 4.98 Å². The van der Waals surface area contributed by atoms with Crippen LogP contribution >= 0.6 is 0 Å². The summed E-state index contributed by atoms with van der Waals surface area (Å²) in [4.78, 5) is 8.86. The van der Waals surface area contributed by atoms with E-state index in [-0.39, 0.29) is 6.10 Å². The Labute approximate surface area is 142 Å². The van der Waals surface area contributed by atoms with E-state index in [0.29, 0.717) is 24.5 Å².